The fourth-order valence-electron chi connectivity index (χ4n) is 8.24. The molecule has 0 aromatic heterocycles. The molecule has 1 aromatic carbocycles. The molecule has 10 unspecified atom stereocenters. The maximum absolute atomic E-state index is 13.3. The largest absolute Gasteiger partial charge is 0.396 e. The van der Waals surface area contributed by atoms with Gasteiger partial charge in [-0.1, -0.05) is 23.7 Å². The van der Waals surface area contributed by atoms with Crippen LogP contribution in [0.5, 0.6) is 0 Å². The number of carbonyl (C=O) groups excluding carboxylic acids is 1. The molecule has 0 radical (unpaired) electrons. The van der Waals surface area contributed by atoms with Gasteiger partial charge in [0.1, 0.15) is 0 Å². The molecule has 0 spiro atoms. The summed E-state index contributed by atoms with van der Waals surface area (Å²) in [6.07, 6.45) is 3.39. The Morgan fingerprint density at radius 2 is 1.72 bits per heavy atom. The Hall–Kier alpha value is -1.06. The summed E-state index contributed by atoms with van der Waals surface area (Å²) in [5.41, 5.74) is 1.04. The fourth-order valence-corrected chi connectivity index (χ4v) is 8.36. The molecule has 0 saturated heterocycles. The van der Waals surface area contributed by atoms with Gasteiger partial charge in [-0.25, -0.2) is 0 Å². The van der Waals surface area contributed by atoms with E-state index in [1.807, 2.05) is 24.3 Å². The van der Waals surface area contributed by atoms with Gasteiger partial charge in [-0.3, -0.25) is 4.79 Å². The van der Waals surface area contributed by atoms with E-state index in [1.165, 1.54) is 12.8 Å². The normalized spacial score (nSPS) is 48.0. The van der Waals surface area contributed by atoms with Gasteiger partial charge in [-0.05, 0) is 84.3 Å². The van der Waals surface area contributed by atoms with Crippen LogP contribution in [0.15, 0.2) is 24.3 Å². The Morgan fingerprint density at radius 3 is 2.44 bits per heavy atom. The molecule has 2 N–H and O–H groups in total. The molecule has 3 nitrogen and oxygen atoms in total. The molecule has 1 amide bonds. The second-order valence-electron chi connectivity index (χ2n) is 9.09. The van der Waals surface area contributed by atoms with E-state index < -0.39 is 0 Å². The number of aliphatic hydroxyl groups is 1. The van der Waals surface area contributed by atoms with Crippen LogP contribution in [0.2, 0.25) is 5.02 Å². The van der Waals surface area contributed by atoms with E-state index in [2.05, 4.69) is 5.32 Å². The molecular weight excluding hydrogens is 334 g/mol. The Bertz CT molecular complexity index is 728. The summed E-state index contributed by atoms with van der Waals surface area (Å²) < 4.78 is 0. The summed E-state index contributed by atoms with van der Waals surface area (Å²) in [5.74, 6) is 7.21. The fraction of sp³-hybridized carbons (Fsp3) is 0.667. The van der Waals surface area contributed by atoms with Gasteiger partial charge in [-0.2, -0.15) is 0 Å². The van der Waals surface area contributed by atoms with Crippen LogP contribution in [0, 0.1) is 53.3 Å². The molecule has 0 aliphatic heterocycles. The lowest BCUT2D eigenvalue weighted by Gasteiger charge is -2.47. The van der Waals surface area contributed by atoms with Crippen LogP contribution < -0.4 is 5.32 Å². The number of hydrogen-bond acceptors (Lipinski definition) is 2. The van der Waals surface area contributed by atoms with Crippen molar-refractivity contribution in [3.63, 3.8) is 0 Å². The topological polar surface area (TPSA) is 49.3 Å². The first-order valence-electron chi connectivity index (χ1n) is 9.85. The predicted molar refractivity (Wildman–Crippen MR) is 94.7 cm³/mol. The predicted octanol–water partition coefficient (Wildman–Crippen LogP) is 3.27. The summed E-state index contributed by atoms with van der Waals surface area (Å²) in [4.78, 5) is 13.3. The Kier molecular flexibility index (Phi) is 3.02. The van der Waals surface area contributed by atoms with Crippen molar-refractivity contribution in [2.24, 2.45) is 53.3 Å². The first-order valence-corrected chi connectivity index (χ1v) is 10.2. The third-order valence-electron chi connectivity index (χ3n) is 8.63. The number of fused-ring (bicyclic) bond motifs is 2. The minimum atomic E-state index is -0.114. The minimum Gasteiger partial charge on any atom is -0.396 e. The molecule has 132 valence electrons. The molecule has 1 aromatic rings. The average Bonchev–Trinajstić information content (AvgIpc) is 3.14. The standard InChI is InChI=1S/C21H24ClNO2/c22-10-3-1-9(2-4-10)15(5-6-24)23-21(25)20-17-12-8-13-16-11(12)7-14(17)18(16)19(13)20/h1-4,11-20,24H,5-8H2,(H,23,25). The Balaban J connectivity index is 1.25. The molecule has 10 atom stereocenters. The molecule has 5 aliphatic carbocycles. The van der Waals surface area contributed by atoms with Crippen LogP contribution in [0.25, 0.3) is 0 Å². The summed E-state index contributed by atoms with van der Waals surface area (Å²) in [5, 5.41) is 13.5. The maximum atomic E-state index is 13.3. The van der Waals surface area contributed by atoms with Crippen molar-refractivity contribution < 1.29 is 9.90 Å². The van der Waals surface area contributed by atoms with E-state index >= 15 is 0 Å². The number of halogens is 1. The minimum absolute atomic E-state index is 0.0751. The lowest BCUT2D eigenvalue weighted by atomic mass is 9.57. The monoisotopic (exact) mass is 357 g/mol. The highest BCUT2D eigenvalue weighted by molar-refractivity contribution is 6.30. The van der Waals surface area contributed by atoms with Crippen molar-refractivity contribution in [3.05, 3.63) is 34.9 Å². The first kappa shape index (κ1) is 15.0. The second-order valence-corrected chi connectivity index (χ2v) is 9.52. The number of amides is 1. The third kappa shape index (κ3) is 1.74. The lowest BCUT2D eigenvalue weighted by Crippen LogP contribution is -2.49. The van der Waals surface area contributed by atoms with Crippen molar-refractivity contribution in [3.8, 4) is 0 Å². The summed E-state index contributed by atoms with van der Waals surface area (Å²) in [6.45, 7) is 0.0751. The highest BCUT2D eigenvalue weighted by Crippen LogP contribution is 2.84. The van der Waals surface area contributed by atoms with Gasteiger partial charge >= 0.3 is 0 Å². The smallest absolute Gasteiger partial charge is 0.224 e. The van der Waals surface area contributed by atoms with Crippen LogP contribution in [0.3, 0.4) is 0 Å². The van der Waals surface area contributed by atoms with Crippen LogP contribution in [0.1, 0.15) is 30.9 Å². The highest BCUT2D eigenvalue weighted by atomic mass is 35.5. The van der Waals surface area contributed by atoms with Crippen LogP contribution in [0.4, 0.5) is 0 Å². The van der Waals surface area contributed by atoms with Gasteiger partial charge < -0.3 is 10.4 Å². The van der Waals surface area contributed by atoms with E-state index in [0.717, 1.165) is 41.1 Å². The zero-order valence-electron chi connectivity index (χ0n) is 14.1. The molecular formula is C21H24ClNO2. The first-order chi connectivity index (χ1) is 12.2. The van der Waals surface area contributed by atoms with Crippen LogP contribution in [-0.4, -0.2) is 17.6 Å². The van der Waals surface area contributed by atoms with Gasteiger partial charge in [0.2, 0.25) is 5.91 Å². The summed E-state index contributed by atoms with van der Waals surface area (Å²) in [6, 6.07) is 7.53. The number of benzene rings is 1. The summed E-state index contributed by atoms with van der Waals surface area (Å²) >= 11 is 5.99. The van der Waals surface area contributed by atoms with E-state index in [4.69, 9.17) is 11.6 Å². The molecule has 5 fully saturated rings. The van der Waals surface area contributed by atoms with Crippen LogP contribution >= 0.6 is 11.6 Å². The molecule has 25 heavy (non-hydrogen) atoms. The number of hydrogen-bond donors (Lipinski definition) is 2. The SMILES string of the molecule is O=C(NC(CCO)c1ccc(Cl)cc1)C1C2C3CC4C5C3CC2C5C41. The van der Waals surface area contributed by atoms with E-state index in [-0.39, 0.29) is 24.5 Å². The van der Waals surface area contributed by atoms with E-state index in [9.17, 15) is 9.90 Å². The Labute approximate surface area is 153 Å². The maximum Gasteiger partial charge on any atom is 0.224 e. The number of aliphatic hydroxyl groups excluding tert-OH is 1. The van der Waals surface area contributed by atoms with Gasteiger partial charge in [0.05, 0.1) is 6.04 Å². The molecule has 5 aliphatic rings. The zero-order chi connectivity index (χ0) is 16.9. The second kappa shape index (κ2) is 5.01. The van der Waals surface area contributed by atoms with Crippen LogP contribution in [-0.2, 0) is 4.79 Å². The molecule has 5 saturated carbocycles. The summed E-state index contributed by atoms with van der Waals surface area (Å²) in [7, 11) is 0. The van der Waals surface area contributed by atoms with E-state index in [1.54, 1.807) is 0 Å². The Morgan fingerprint density at radius 1 is 1.04 bits per heavy atom. The molecule has 4 heteroatoms. The highest BCUT2D eigenvalue weighted by Gasteiger charge is 2.81. The number of rotatable bonds is 5. The third-order valence-corrected chi connectivity index (χ3v) is 8.88. The van der Waals surface area contributed by atoms with Gasteiger partial charge in [0, 0.05) is 17.5 Å². The molecule has 6 rings (SSSR count). The average molecular weight is 358 g/mol. The zero-order valence-corrected chi connectivity index (χ0v) is 14.9. The number of carbonyl (C=O) groups is 1. The van der Waals surface area contributed by atoms with Crippen molar-refractivity contribution in [1.29, 1.82) is 0 Å². The molecule has 0 heterocycles. The van der Waals surface area contributed by atoms with Crippen molar-refractivity contribution >= 4 is 17.5 Å². The quantitative estimate of drug-likeness (QED) is 0.849. The van der Waals surface area contributed by atoms with Crippen molar-refractivity contribution in [1.82, 2.24) is 5.32 Å². The number of nitrogens with one attached hydrogen (secondary N) is 1. The molecule has 2 bridgehead atoms. The van der Waals surface area contributed by atoms with Gasteiger partial charge in [0.15, 0.2) is 0 Å². The van der Waals surface area contributed by atoms with Gasteiger partial charge in [0.25, 0.3) is 0 Å². The van der Waals surface area contributed by atoms with Crippen molar-refractivity contribution in [2.45, 2.75) is 25.3 Å². The lowest BCUT2D eigenvalue weighted by molar-refractivity contribution is -0.133. The van der Waals surface area contributed by atoms with Gasteiger partial charge in [-0.15, -0.1) is 0 Å². The van der Waals surface area contributed by atoms with Crippen molar-refractivity contribution in [2.75, 3.05) is 6.61 Å². The van der Waals surface area contributed by atoms with E-state index in [0.29, 0.717) is 23.3 Å².